The van der Waals surface area contributed by atoms with Gasteiger partial charge >= 0.3 is 6.01 Å². The molecular weight excluding hydrogens is 294 g/mol. The van der Waals surface area contributed by atoms with Gasteiger partial charge in [-0.15, -0.1) is 5.10 Å². The van der Waals surface area contributed by atoms with Crippen molar-refractivity contribution < 1.29 is 13.9 Å². The fourth-order valence-electron chi connectivity index (χ4n) is 2.20. The molecule has 6 heteroatoms. The van der Waals surface area contributed by atoms with Gasteiger partial charge < -0.3 is 19.6 Å². The first-order chi connectivity index (χ1) is 11.2. The SMILES string of the molecule is COc1cc(-c2nnc(N)o2)ccc1OCc1ccccc1C. The molecule has 0 amide bonds. The van der Waals surface area contributed by atoms with Gasteiger partial charge in [-0.1, -0.05) is 29.4 Å². The summed E-state index contributed by atoms with van der Waals surface area (Å²) in [7, 11) is 1.59. The van der Waals surface area contributed by atoms with E-state index >= 15 is 0 Å². The van der Waals surface area contributed by atoms with Crippen LogP contribution in [0.2, 0.25) is 0 Å². The predicted octanol–water partition coefficient (Wildman–Crippen LogP) is 3.21. The van der Waals surface area contributed by atoms with Crippen LogP contribution in [-0.4, -0.2) is 17.3 Å². The largest absolute Gasteiger partial charge is 0.493 e. The molecule has 0 radical (unpaired) electrons. The molecule has 0 unspecified atom stereocenters. The maximum Gasteiger partial charge on any atom is 0.313 e. The van der Waals surface area contributed by atoms with Crippen molar-refractivity contribution in [2.24, 2.45) is 0 Å². The number of anilines is 1. The van der Waals surface area contributed by atoms with E-state index in [4.69, 9.17) is 19.6 Å². The molecule has 3 aromatic rings. The summed E-state index contributed by atoms with van der Waals surface area (Å²) in [5.74, 6) is 1.58. The Hall–Kier alpha value is -3.02. The molecule has 0 saturated carbocycles. The molecule has 0 bridgehead atoms. The Balaban J connectivity index is 1.81. The van der Waals surface area contributed by atoms with Crippen molar-refractivity contribution in [2.75, 3.05) is 12.8 Å². The van der Waals surface area contributed by atoms with E-state index in [2.05, 4.69) is 23.2 Å². The third-order valence-corrected chi connectivity index (χ3v) is 3.50. The molecule has 2 N–H and O–H groups in total. The van der Waals surface area contributed by atoms with E-state index in [1.807, 2.05) is 30.3 Å². The Kier molecular flexibility index (Phi) is 4.14. The molecule has 6 nitrogen and oxygen atoms in total. The highest BCUT2D eigenvalue weighted by molar-refractivity contribution is 5.60. The summed E-state index contributed by atoms with van der Waals surface area (Å²) < 4.78 is 16.5. The van der Waals surface area contributed by atoms with Gasteiger partial charge in [-0.2, -0.15) is 0 Å². The fraction of sp³-hybridized carbons (Fsp3) is 0.176. The molecule has 2 aromatic carbocycles. The smallest absolute Gasteiger partial charge is 0.313 e. The normalized spacial score (nSPS) is 10.5. The van der Waals surface area contributed by atoms with Gasteiger partial charge in [0, 0.05) is 5.56 Å². The van der Waals surface area contributed by atoms with Crippen molar-refractivity contribution >= 4 is 6.01 Å². The van der Waals surface area contributed by atoms with E-state index in [0.717, 1.165) is 5.56 Å². The molecule has 118 valence electrons. The van der Waals surface area contributed by atoms with E-state index < -0.39 is 0 Å². The average Bonchev–Trinajstić information content (AvgIpc) is 3.00. The lowest BCUT2D eigenvalue weighted by atomic mass is 10.1. The highest BCUT2D eigenvalue weighted by Gasteiger charge is 2.12. The number of hydrogen-bond donors (Lipinski definition) is 1. The molecule has 1 aromatic heterocycles. The van der Waals surface area contributed by atoms with Crippen LogP contribution in [-0.2, 0) is 6.61 Å². The number of methoxy groups -OCH3 is 1. The maximum atomic E-state index is 5.87. The molecule has 0 aliphatic rings. The zero-order chi connectivity index (χ0) is 16.2. The second-order valence-electron chi connectivity index (χ2n) is 5.03. The monoisotopic (exact) mass is 311 g/mol. The Bertz CT molecular complexity index is 814. The van der Waals surface area contributed by atoms with Crippen LogP contribution in [0.5, 0.6) is 11.5 Å². The van der Waals surface area contributed by atoms with Gasteiger partial charge in [0.25, 0.3) is 0 Å². The Morgan fingerprint density at radius 1 is 1.09 bits per heavy atom. The van der Waals surface area contributed by atoms with Crippen LogP contribution in [0, 0.1) is 6.92 Å². The number of aryl methyl sites for hydroxylation is 1. The van der Waals surface area contributed by atoms with Crippen molar-refractivity contribution in [3.05, 3.63) is 53.6 Å². The summed E-state index contributed by atoms with van der Waals surface area (Å²) in [6, 6.07) is 13.5. The number of rotatable bonds is 5. The number of nitrogen functional groups attached to an aromatic ring is 1. The van der Waals surface area contributed by atoms with Gasteiger partial charge in [0.2, 0.25) is 5.89 Å². The number of nitrogens with zero attached hydrogens (tertiary/aromatic N) is 2. The van der Waals surface area contributed by atoms with Gasteiger partial charge in [0.05, 0.1) is 7.11 Å². The van der Waals surface area contributed by atoms with Gasteiger partial charge in [0.15, 0.2) is 11.5 Å². The molecule has 0 saturated heterocycles. The maximum absolute atomic E-state index is 5.87. The van der Waals surface area contributed by atoms with Crippen molar-refractivity contribution in [1.29, 1.82) is 0 Å². The van der Waals surface area contributed by atoms with Crippen molar-refractivity contribution in [1.82, 2.24) is 10.2 Å². The Labute approximate surface area is 133 Å². The van der Waals surface area contributed by atoms with Crippen LogP contribution in [0.25, 0.3) is 11.5 Å². The lowest BCUT2D eigenvalue weighted by Crippen LogP contribution is -1.99. The standard InChI is InChI=1S/C17H17N3O3/c1-11-5-3-4-6-13(11)10-22-14-8-7-12(9-15(14)21-2)16-19-20-17(18)23-16/h3-9H,10H2,1-2H3,(H2,18,20). The van der Waals surface area contributed by atoms with E-state index in [1.54, 1.807) is 13.2 Å². The molecule has 3 rings (SSSR count). The first-order valence-electron chi connectivity index (χ1n) is 7.12. The zero-order valence-corrected chi connectivity index (χ0v) is 12.9. The van der Waals surface area contributed by atoms with E-state index in [9.17, 15) is 0 Å². The average molecular weight is 311 g/mol. The van der Waals surface area contributed by atoms with Crippen LogP contribution >= 0.6 is 0 Å². The van der Waals surface area contributed by atoms with E-state index in [-0.39, 0.29) is 6.01 Å². The molecule has 0 atom stereocenters. The first-order valence-corrected chi connectivity index (χ1v) is 7.12. The second kappa shape index (κ2) is 6.39. The highest BCUT2D eigenvalue weighted by Crippen LogP contribution is 2.32. The van der Waals surface area contributed by atoms with Crippen LogP contribution in [0.4, 0.5) is 6.01 Å². The van der Waals surface area contributed by atoms with Crippen molar-refractivity contribution in [2.45, 2.75) is 13.5 Å². The van der Waals surface area contributed by atoms with Crippen LogP contribution in [0.3, 0.4) is 0 Å². The summed E-state index contributed by atoms with van der Waals surface area (Å²) >= 11 is 0. The van der Waals surface area contributed by atoms with Crippen LogP contribution < -0.4 is 15.2 Å². The van der Waals surface area contributed by atoms with Gasteiger partial charge in [0.1, 0.15) is 6.61 Å². The third-order valence-electron chi connectivity index (χ3n) is 3.50. The minimum absolute atomic E-state index is 0.0267. The summed E-state index contributed by atoms with van der Waals surface area (Å²) in [4.78, 5) is 0. The lowest BCUT2D eigenvalue weighted by Gasteiger charge is -2.12. The van der Waals surface area contributed by atoms with Crippen molar-refractivity contribution in [3.63, 3.8) is 0 Å². The number of hydrogen-bond acceptors (Lipinski definition) is 6. The van der Waals surface area contributed by atoms with E-state index in [0.29, 0.717) is 29.6 Å². The predicted molar refractivity (Wildman–Crippen MR) is 86.2 cm³/mol. The van der Waals surface area contributed by atoms with Crippen molar-refractivity contribution in [3.8, 4) is 23.0 Å². The Morgan fingerprint density at radius 3 is 2.61 bits per heavy atom. The summed E-state index contributed by atoms with van der Waals surface area (Å²) in [5, 5.41) is 7.50. The van der Waals surface area contributed by atoms with Crippen LogP contribution in [0.15, 0.2) is 46.9 Å². The molecule has 0 spiro atoms. The minimum Gasteiger partial charge on any atom is -0.493 e. The number of aromatic nitrogens is 2. The minimum atomic E-state index is 0.0267. The topological polar surface area (TPSA) is 83.4 Å². The molecule has 0 aliphatic carbocycles. The molecule has 0 aliphatic heterocycles. The van der Waals surface area contributed by atoms with Gasteiger partial charge in [-0.25, -0.2) is 0 Å². The van der Waals surface area contributed by atoms with Crippen LogP contribution in [0.1, 0.15) is 11.1 Å². The number of nitrogens with two attached hydrogens (primary N) is 1. The van der Waals surface area contributed by atoms with Gasteiger partial charge in [-0.05, 0) is 36.2 Å². The fourth-order valence-corrected chi connectivity index (χ4v) is 2.20. The van der Waals surface area contributed by atoms with Gasteiger partial charge in [-0.3, -0.25) is 0 Å². The third kappa shape index (κ3) is 3.26. The lowest BCUT2D eigenvalue weighted by molar-refractivity contribution is 0.284. The summed E-state index contributed by atoms with van der Waals surface area (Å²) in [6.45, 7) is 2.52. The Morgan fingerprint density at radius 2 is 1.91 bits per heavy atom. The quantitative estimate of drug-likeness (QED) is 0.779. The number of ether oxygens (including phenoxy) is 2. The molecular formula is C17H17N3O3. The second-order valence-corrected chi connectivity index (χ2v) is 5.03. The highest BCUT2D eigenvalue weighted by atomic mass is 16.5. The molecule has 1 heterocycles. The summed E-state index contributed by atoms with van der Waals surface area (Å²) in [6.07, 6.45) is 0. The molecule has 0 fully saturated rings. The number of benzene rings is 2. The first kappa shape index (κ1) is 14.9. The molecule has 23 heavy (non-hydrogen) atoms. The summed E-state index contributed by atoms with van der Waals surface area (Å²) in [5.41, 5.74) is 8.48. The van der Waals surface area contributed by atoms with E-state index in [1.165, 1.54) is 5.56 Å². The zero-order valence-electron chi connectivity index (χ0n) is 12.9.